The van der Waals surface area contributed by atoms with Crippen molar-refractivity contribution in [2.24, 2.45) is 5.92 Å². The minimum absolute atomic E-state index is 0.0416. The molecule has 3 rings (SSSR count). The van der Waals surface area contributed by atoms with Crippen LogP contribution in [0.25, 0.3) is 0 Å². The number of aromatic amines is 1. The van der Waals surface area contributed by atoms with Crippen molar-refractivity contribution in [3.8, 4) is 0 Å². The smallest absolute Gasteiger partial charge is 0.272 e. The number of piperidine rings is 1. The van der Waals surface area contributed by atoms with E-state index in [4.69, 9.17) is 0 Å². The fourth-order valence-electron chi connectivity index (χ4n) is 2.78. The predicted molar refractivity (Wildman–Crippen MR) is 75.2 cm³/mol. The molecular formula is C15H18N4O. The van der Waals surface area contributed by atoms with Crippen molar-refractivity contribution in [1.29, 1.82) is 0 Å². The van der Waals surface area contributed by atoms with E-state index in [-0.39, 0.29) is 5.91 Å². The van der Waals surface area contributed by atoms with Crippen molar-refractivity contribution in [1.82, 2.24) is 20.1 Å². The third-order valence-corrected chi connectivity index (χ3v) is 3.76. The molecular weight excluding hydrogens is 252 g/mol. The normalized spacial score (nSPS) is 19.0. The molecule has 1 atom stereocenters. The molecule has 3 heterocycles. The lowest BCUT2D eigenvalue weighted by Crippen LogP contribution is -2.40. The number of aromatic nitrogens is 3. The molecule has 0 aliphatic carbocycles. The largest absolute Gasteiger partial charge is 0.337 e. The lowest BCUT2D eigenvalue weighted by atomic mass is 9.93. The number of H-pyrrole nitrogens is 1. The monoisotopic (exact) mass is 270 g/mol. The fourth-order valence-corrected chi connectivity index (χ4v) is 2.78. The maximum absolute atomic E-state index is 12.4. The third kappa shape index (κ3) is 2.87. The van der Waals surface area contributed by atoms with Gasteiger partial charge in [-0.2, -0.15) is 5.10 Å². The second-order valence-electron chi connectivity index (χ2n) is 5.26. The van der Waals surface area contributed by atoms with Crippen LogP contribution in [-0.4, -0.2) is 39.1 Å². The fraction of sp³-hybridized carbons (Fsp3) is 0.400. The molecule has 1 saturated heterocycles. The van der Waals surface area contributed by atoms with E-state index in [1.54, 1.807) is 18.5 Å². The van der Waals surface area contributed by atoms with Gasteiger partial charge in [-0.3, -0.25) is 14.9 Å². The van der Waals surface area contributed by atoms with Crippen LogP contribution in [0.5, 0.6) is 0 Å². The van der Waals surface area contributed by atoms with Crippen molar-refractivity contribution >= 4 is 5.91 Å². The van der Waals surface area contributed by atoms with E-state index in [1.807, 2.05) is 23.1 Å². The molecule has 0 bridgehead atoms. The molecule has 2 aromatic heterocycles. The van der Waals surface area contributed by atoms with Crippen molar-refractivity contribution in [2.75, 3.05) is 13.1 Å². The summed E-state index contributed by atoms with van der Waals surface area (Å²) in [5.41, 5.74) is 1.68. The van der Waals surface area contributed by atoms with E-state index in [1.165, 1.54) is 0 Å². The minimum Gasteiger partial charge on any atom is -0.337 e. The summed E-state index contributed by atoms with van der Waals surface area (Å²) in [5.74, 6) is 0.539. The lowest BCUT2D eigenvalue weighted by Gasteiger charge is -2.32. The number of pyridine rings is 1. The maximum Gasteiger partial charge on any atom is 0.272 e. The van der Waals surface area contributed by atoms with Gasteiger partial charge >= 0.3 is 0 Å². The number of nitrogens with one attached hydrogen (secondary N) is 1. The van der Waals surface area contributed by atoms with Gasteiger partial charge in [0, 0.05) is 31.2 Å². The summed E-state index contributed by atoms with van der Waals surface area (Å²) in [6, 6.07) is 7.46. The Hall–Kier alpha value is -2.17. The molecule has 1 amide bonds. The van der Waals surface area contributed by atoms with Gasteiger partial charge in [0.15, 0.2) is 0 Å². The second kappa shape index (κ2) is 5.86. The van der Waals surface area contributed by atoms with Crippen LogP contribution in [0.3, 0.4) is 0 Å². The summed E-state index contributed by atoms with van der Waals surface area (Å²) >= 11 is 0. The first-order chi connectivity index (χ1) is 9.83. The Kier molecular flexibility index (Phi) is 3.76. The van der Waals surface area contributed by atoms with E-state index in [2.05, 4.69) is 15.2 Å². The molecule has 1 N–H and O–H groups in total. The molecule has 1 fully saturated rings. The van der Waals surface area contributed by atoms with Gasteiger partial charge in [-0.1, -0.05) is 6.07 Å². The predicted octanol–water partition coefficient (Wildman–Crippen LogP) is 1.90. The molecule has 0 unspecified atom stereocenters. The van der Waals surface area contributed by atoms with E-state index in [0.717, 1.165) is 38.0 Å². The number of carbonyl (C=O) groups is 1. The van der Waals surface area contributed by atoms with E-state index >= 15 is 0 Å². The van der Waals surface area contributed by atoms with Crippen LogP contribution < -0.4 is 0 Å². The molecule has 5 heteroatoms. The van der Waals surface area contributed by atoms with Crippen LogP contribution in [0.1, 0.15) is 29.0 Å². The number of carbonyl (C=O) groups excluding carboxylic acids is 1. The van der Waals surface area contributed by atoms with Crippen LogP contribution in [0.15, 0.2) is 36.7 Å². The molecule has 5 nitrogen and oxygen atoms in total. The summed E-state index contributed by atoms with van der Waals surface area (Å²) in [5, 5.41) is 6.97. The van der Waals surface area contributed by atoms with Crippen LogP contribution in [-0.2, 0) is 6.42 Å². The first kappa shape index (κ1) is 12.8. The van der Waals surface area contributed by atoms with Gasteiger partial charge in [-0.05, 0) is 43.4 Å². The molecule has 0 saturated carbocycles. The number of nitrogens with zero attached hydrogens (tertiary/aromatic N) is 3. The van der Waals surface area contributed by atoms with Gasteiger partial charge in [0.1, 0.15) is 5.69 Å². The Morgan fingerprint density at radius 2 is 2.30 bits per heavy atom. The Bertz CT molecular complexity index is 553. The first-order valence-corrected chi connectivity index (χ1v) is 7.01. The summed E-state index contributed by atoms with van der Waals surface area (Å²) < 4.78 is 0. The Morgan fingerprint density at radius 1 is 1.35 bits per heavy atom. The minimum atomic E-state index is 0.0416. The van der Waals surface area contributed by atoms with Crippen molar-refractivity contribution in [2.45, 2.75) is 19.3 Å². The van der Waals surface area contributed by atoms with Crippen LogP contribution >= 0.6 is 0 Å². The van der Waals surface area contributed by atoms with Gasteiger partial charge in [0.25, 0.3) is 5.91 Å². The topological polar surface area (TPSA) is 61.9 Å². The van der Waals surface area contributed by atoms with Crippen LogP contribution in [0, 0.1) is 5.92 Å². The zero-order chi connectivity index (χ0) is 13.8. The van der Waals surface area contributed by atoms with Gasteiger partial charge < -0.3 is 4.90 Å². The summed E-state index contributed by atoms with van der Waals surface area (Å²) in [4.78, 5) is 18.5. The summed E-state index contributed by atoms with van der Waals surface area (Å²) in [7, 11) is 0. The summed E-state index contributed by atoms with van der Waals surface area (Å²) in [6.07, 6.45) is 6.60. The Labute approximate surface area is 118 Å². The van der Waals surface area contributed by atoms with Crippen molar-refractivity contribution < 1.29 is 4.79 Å². The van der Waals surface area contributed by atoms with E-state index in [0.29, 0.717) is 11.6 Å². The Balaban J connectivity index is 1.64. The lowest BCUT2D eigenvalue weighted by molar-refractivity contribution is 0.0667. The molecule has 0 aromatic carbocycles. The van der Waals surface area contributed by atoms with E-state index < -0.39 is 0 Å². The number of amides is 1. The molecule has 0 spiro atoms. The average Bonchev–Trinajstić information content (AvgIpc) is 3.01. The van der Waals surface area contributed by atoms with Gasteiger partial charge in [0.05, 0.1) is 0 Å². The van der Waals surface area contributed by atoms with Crippen molar-refractivity contribution in [3.05, 3.63) is 48.0 Å². The molecule has 1 aliphatic heterocycles. The number of likely N-dealkylation sites (tertiary alicyclic amines) is 1. The molecule has 1 aliphatic rings. The zero-order valence-corrected chi connectivity index (χ0v) is 11.3. The zero-order valence-electron chi connectivity index (χ0n) is 11.3. The standard InChI is InChI=1S/C15H18N4O/c20-15(14-5-1-2-7-16-14)19-9-3-4-12(11-19)10-13-6-8-17-18-13/h1-2,5-8,12H,3-4,9-11H2,(H,17,18)/t12-/m0/s1. The van der Waals surface area contributed by atoms with Gasteiger partial charge in [-0.25, -0.2) is 0 Å². The van der Waals surface area contributed by atoms with Gasteiger partial charge in [-0.15, -0.1) is 0 Å². The van der Waals surface area contributed by atoms with Gasteiger partial charge in [0.2, 0.25) is 0 Å². The van der Waals surface area contributed by atoms with E-state index in [9.17, 15) is 4.79 Å². The maximum atomic E-state index is 12.4. The number of hydrogen-bond donors (Lipinski definition) is 1. The highest BCUT2D eigenvalue weighted by atomic mass is 16.2. The highest BCUT2D eigenvalue weighted by Gasteiger charge is 2.25. The highest BCUT2D eigenvalue weighted by molar-refractivity contribution is 5.92. The molecule has 2 aromatic rings. The molecule has 104 valence electrons. The molecule has 0 radical (unpaired) electrons. The summed E-state index contributed by atoms with van der Waals surface area (Å²) in [6.45, 7) is 1.63. The quantitative estimate of drug-likeness (QED) is 0.926. The van der Waals surface area contributed by atoms with Crippen molar-refractivity contribution in [3.63, 3.8) is 0 Å². The SMILES string of the molecule is O=C(c1ccccn1)N1CCC[C@@H](Cc2ccn[nH]2)C1. The average molecular weight is 270 g/mol. The highest BCUT2D eigenvalue weighted by Crippen LogP contribution is 2.21. The molecule has 20 heavy (non-hydrogen) atoms. The number of hydrogen-bond acceptors (Lipinski definition) is 3. The third-order valence-electron chi connectivity index (χ3n) is 3.76. The van der Waals surface area contributed by atoms with Crippen LogP contribution in [0.4, 0.5) is 0 Å². The Morgan fingerprint density at radius 3 is 3.05 bits per heavy atom. The number of rotatable bonds is 3. The first-order valence-electron chi connectivity index (χ1n) is 7.01. The second-order valence-corrected chi connectivity index (χ2v) is 5.26. The van der Waals surface area contributed by atoms with Crippen LogP contribution in [0.2, 0.25) is 0 Å².